The number of pyridine rings is 1. The topological polar surface area (TPSA) is 87.8 Å². The molecule has 1 saturated carbocycles. The van der Waals surface area contributed by atoms with Gasteiger partial charge in [-0.15, -0.1) is 0 Å². The Morgan fingerprint density at radius 1 is 1.08 bits per heavy atom. The summed E-state index contributed by atoms with van der Waals surface area (Å²) in [5.41, 5.74) is 2.34. The molecule has 2 N–H and O–H groups in total. The number of carbonyl (C=O) groups is 1. The molecule has 1 aliphatic carbocycles. The molecule has 9 heteroatoms. The Morgan fingerprint density at radius 3 is 2.59 bits per heavy atom. The Bertz CT molecular complexity index is 1500. The highest BCUT2D eigenvalue weighted by Gasteiger charge is 2.42. The van der Waals surface area contributed by atoms with Gasteiger partial charge in [-0.25, -0.2) is 4.79 Å². The zero-order valence-electron chi connectivity index (χ0n) is 20.9. The van der Waals surface area contributed by atoms with Crippen LogP contribution in [0.2, 0.25) is 5.02 Å². The minimum absolute atomic E-state index is 0.129. The van der Waals surface area contributed by atoms with E-state index in [9.17, 15) is 9.90 Å². The Labute approximate surface area is 236 Å². The third-order valence-electron chi connectivity index (χ3n) is 7.21. The molecule has 198 valence electrons. The van der Waals surface area contributed by atoms with E-state index in [1.165, 1.54) is 25.0 Å². The molecule has 2 aliphatic rings. The number of ether oxygens (including phenoxy) is 1. The standard InChI is InChI=1S/C30H26ClN3O4S/c31-23-13-8-18(29(35)36)17-22(23)25-14-15-26(38-25)28-27(24-7-3-4-16-32-24)33-30(39)34(28)19-9-11-21(12-10-19)37-20-5-1-2-6-20/h3-4,7-17,20,27-28H,1-2,5-6H2,(H,33,39)(H,35,36)/t27-,28-/m0/s1. The van der Waals surface area contributed by atoms with Crippen LogP contribution in [0.3, 0.4) is 0 Å². The lowest BCUT2D eigenvalue weighted by Crippen LogP contribution is -2.29. The number of hydrogen-bond donors (Lipinski definition) is 2. The second-order valence-electron chi connectivity index (χ2n) is 9.72. The first kappa shape index (κ1) is 25.4. The quantitative estimate of drug-likeness (QED) is 0.230. The van der Waals surface area contributed by atoms with Gasteiger partial charge in [0.05, 0.1) is 28.4 Å². The maximum Gasteiger partial charge on any atom is 0.335 e. The van der Waals surface area contributed by atoms with Crippen molar-refractivity contribution in [2.45, 2.75) is 43.9 Å². The summed E-state index contributed by atoms with van der Waals surface area (Å²) in [6.45, 7) is 0. The Balaban J connectivity index is 1.37. The molecule has 4 aromatic rings. The van der Waals surface area contributed by atoms with Crippen molar-refractivity contribution in [2.75, 3.05) is 4.90 Å². The van der Waals surface area contributed by atoms with E-state index in [1.807, 2.05) is 53.4 Å². The van der Waals surface area contributed by atoms with Gasteiger partial charge in [-0.3, -0.25) is 4.98 Å². The van der Waals surface area contributed by atoms with Crippen LogP contribution in [0.25, 0.3) is 11.3 Å². The molecular weight excluding hydrogens is 534 g/mol. The number of carboxylic acids is 1. The van der Waals surface area contributed by atoms with E-state index in [1.54, 1.807) is 18.3 Å². The number of anilines is 1. The number of halogens is 1. The summed E-state index contributed by atoms with van der Waals surface area (Å²) >= 11 is 12.3. The average Bonchev–Trinajstić information content (AvgIpc) is 3.70. The number of aromatic carboxylic acids is 1. The maximum absolute atomic E-state index is 11.5. The molecule has 0 radical (unpaired) electrons. The van der Waals surface area contributed by atoms with Crippen molar-refractivity contribution >= 4 is 40.6 Å². The van der Waals surface area contributed by atoms with Crippen molar-refractivity contribution in [1.29, 1.82) is 0 Å². The van der Waals surface area contributed by atoms with E-state index in [2.05, 4.69) is 10.3 Å². The maximum atomic E-state index is 11.5. The zero-order valence-corrected chi connectivity index (χ0v) is 22.5. The second-order valence-corrected chi connectivity index (χ2v) is 10.5. The summed E-state index contributed by atoms with van der Waals surface area (Å²) in [5.74, 6) is 0.911. The summed E-state index contributed by atoms with van der Waals surface area (Å²) in [6.07, 6.45) is 6.64. The van der Waals surface area contributed by atoms with E-state index in [4.69, 9.17) is 33.0 Å². The number of nitrogens with zero attached hydrogens (tertiary/aromatic N) is 2. The van der Waals surface area contributed by atoms with E-state index >= 15 is 0 Å². The summed E-state index contributed by atoms with van der Waals surface area (Å²) in [7, 11) is 0. The SMILES string of the molecule is O=C(O)c1ccc(Cl)c(-c2ccc([C@H]3[C@H](c4ccccn4)NC(=S)N3c3ccc(OC4CCCC4)cc3)o2)c1. The summed E-state index contributed by atoms with van der Waals surface area (Å²) in [5, 5.41) is 13.8. The minimum atomic E-state index is -1.04. The van der Waals surface area contributed by atoms with E-state index in [0.717, 1.165) is 30.0 Å². The number of rotatable bonds is 7. The predicted molar refractivity (Wildman–Crippen MR) is 153 cm³/mol. The van der Waals surface area contributed by atoms with Crippen LogP contribution in [0, 0.1) is 0 Å². The Kier molecular flexibility index (Phi) is 6.97. The van der Waals surface area contributed by atoms with Crippen LogP contribution in [0.1, 0.15) is 59.6 Å². The number of hydrogen-bond acceptors (Lipinski definition) is 5. The molecule has 2 aromatic heterocycles. The van der Waals surface area contributed by atoms with Crippen molar-refractivity contribution in [3.05, 3.63) is 101 Å². The molecular formula is C30H26ClN3O4S. The lowest BCUT2D eigenvalue weighted by Gasteiger charge is -2.26. The van der Waals surface area contributed by atoms with Crippen molar-refractivity contribution in [3.8, 4) is 17.1 Å². The monoisotopic (exact) mass is 559 g/mol. The summed E-state index contributed by atoms with van der Waals surface area (Å²) < 4.78 is 12.5. The molecule has 39 heavy (non-hydrogen) atoms. The number of carboxylic acid groups (broad SMARTS) is 1. The average molecular weight is 560 g/mol. The number of benzene rings is 2. The molecule has 0 amide bonds. The lowest BCUT2D eigenvalue weighted by atomic mass is 10.0. The highest BCUT2D eigenvalue weighted by atomic mass is 35.5. The molecule has 0 spiro atoms. The van der Waals surface area contributed by atoms with Gasteiger partial charge in [0.15, 0.2) is 5.11 Å². The van der Waals surface area contributed by atoms with Crippen molar-refractivity contribution in [3.63, 3.8) is 0 Å². The highest BCUT2D eigenvalue weighted by molar-refractivity contribution is 7.80. The second kappa shape index (κ2) is 10.7. The number of aromatic nitrogens is 1. The molecule has 2 atom stereocenters. The highest BCUT2D eigenvalue weighted by Crippen LogP contribution is 2.44. The van der Waals surface area contributed by atoms with Gasteiger partial charge in [0, 0.05) is 17.4 Å². The van der Waals surface area contributed by atoms with Gasteiger partial charge >= 0.3 is 5.97 Å². The van der Waals surface area contributed by atoms with Crippen LogP contribution in [0.15, 0.2) is 83.4 Å². The van der Waals surface area contributed by atoms with Gasteiger partial charge in [-0.2, -0.15) is 0 Å². The molecule has 3 heterocycles. The normalized spacial score (nSPS) is 19.3. The van der Waals surface area contributed by atoms with Crippen LogP contribution in [-0.4, -0.2) is 27.3 Å². The van der Waals surface area contributed by atoms with E-state index < -0.39 is 5.97 Å². The van der Waals surface area contributed by atoms with Gasteiger partial charge in [0.25, 0.3) is 0 Å². The molecule has 6 rings (SSSR count). The zero-order chi connectivity index (χ0) is 26.9. The Hall–Kier alpha value is -3.88. The van der Waals surface area contributed by atoms with Crippen LogP contribution in [0.5, 0.6) is 5.75 Å². The summed E-state index contributed by atoms with van der Waals surface area (Å²) in [6, 6.07) is 21.3. The van der Waals surface area contributed by atoms with Crippen molar-refractivity contribution < 1.29 is 19.1 Å². The van der Waals surface area contributed by atoms with Crippen LogP contribution in [0.4, 0.5) is 5.69 Å². The first-order valence-corrected chi connectivity index (χ1v) is 13.7. The fourth-order valence-electron chi connectivity index (χ4n) is 5.31. The fraction of sp³-hybridized carbons (Fsp3) is 0.233. The number of furan rings is 1. The molecule has 0 unspecified atom stereocenters. The van der Waals surface area contributed by atoms with Crippen LogP contribution >= 0.6 is 23.8 Å². The lowest BCUT2D eigenvalue weighted by molar-refractivity contribution is 0.0697. The molecule has 1 aliphatic heterocycles. The van der Waals surface area contributed by atoms with E-state index in [-0.39, 0.29) is 23.8 Å². The predicted octanol–water partition coefficient (Wildman–Crippen LogP) is 7.19. The molecule has 0 bridgehead atoms. The van der Waals surface area contributed by atoms with Crippen molar-refractivity contribution in [1.82, 2.24) is 10.3 Å². The van der Waals surface area contributed by atoms with Crippen LogP contribution < -0.4 is 15.0 Å². The van der Waals surface area contributed by atoms with Crippen molar-refractivity contribution in [2.24, 2.45) is 0 Å². The Morgan fingerprint density at radius 2 is 1.87 bits per heavy atom. The smallest absolute Gasteiger partial charge is 0.335 e. The van der Waals surface area contributed by atoms with Gasteiger partial charge in [-0.05, 0) is 105 Å². The largest absolute Gasteiger partial charge is 0.490 e. The number of thiocarbonyl (C=S) groups is 1. The third-order valence-corrected chi connectivity index (χ3v) is 7.86. The molecule has 2 fully saturated rings. The van der Waals surface area contributed by atoms with Gasteiger partial charge in [0.2, 0.25) is 0 Å². The first-order valence-electron chi connectivity index (χ1n) is 12.9. The number of nitrogens with one attached hydrogen (secondary N) is 1. The van der Waals surface area contributed by atoms with Gasteiger partial charge in [0.1, 0.15) is 23.3 Å². The fourth-order valence-corrected chi connectivity index (χ4v) is 5.87. The molecule has 2 aromatic carbocycles. The molecule has 1 saturated heterocycles. The third kappa shape index (κ3) is 5.10. The van der Waals surface area contributed by atoms with Gasteiger partial charge < -0.3 is 24.5 Å². The van der Waals surface area contributed by atoms with Crippen LogP contribution in [-0.2, 0) is 0 Å². The van der Waals surface area contributed by atoms with Gasteiger partial charge in [-0.1, -0.05) is 17.7 Å². The minimum Gasteiger partial charge on any atom is -0.490 e. The summed E-state index contributed by atoms with van der Waals surface area (Å²) in [4.78, 5) is 18.2. The van der Waals surface area contributed by atoms with E-state index in [0.29, 0.717) is 27.2 Å². The first-order chi connectivity index (χ1) is 19.0. The molecule has 7 nitrogen and oxygen atoms in total.